The highest BCUT2D eigenvalue weighted by atomic mass is 19.1. The van der Waals surface area contributed by atoms with Crippen molar-refractivity contribution in [1.29, 1.82) is 0 Å². The van der Waals surface area contributed by atoms with Crippen LogP contribution in [-0.2, 0) is 16.1 Å². The van der Waals surface area contributed by atoms with Gasteiger partial charge in [0.2, 0.25) is 11.8 Å². The highest BCUT2D eigenvalue weighted by molar-refractivity contribution is 6.03. The van der Waals surface area contributed by atoms with Gasteiger partial charge in [0, 0.05) is 12.2 Å². The van der Waals surface area contributed by atoms with Crippen LogP contribution in [0.5, 0.6) is 0 Å². The standard InChI is InChI=1S/C18H19FN2O2/c1-12-3-8-16(13(2)9-12)21-18(23)10-17(22)20-11-14-4-6-15(19)7-5-14/h3-9H,10-11H2,1-2H3,(H,20,22)(H,21,23). The molecule has 2 aromatic rings. The van der Waals surface area contributed by atoms with E-state index < -0.39 is 0 Å². The monoisotopic (exact) mass is 314 g/mol. The minimum absolute atomic E-state index is 0.255. The Labute approximate surface area is 134 Å². The molecule has 5 heteroatoms. The van der Waals surface area contributed by atoms with E-state index in [1.807, 2.05) is 32.0 Å². The lowest BCUT2D eigenvalue weighted by atomic mass is 10.1. The normalized spacial score (nSPS) is 10.2. The molecule has 0 aliphatic carbocycles. The van der Waals surface area contributed by atoms with Crippen molar-refractivity contribution in [3.63, 3.8) is 0 Å². The molecule has 23 heavy (non-hydrogen) atoms. The summed E-state index contributed by atoms with van der Waals surface area (Å²) in [5.74, 6) is -1.07. The molecule has 0 atom stereocenters. The fraction of sp³-hybridized carbons (Fsp3) is 0.222. The number of carbonyl (C=O) groups excluding carboxylic acids is 2. The predicted molar refractivity (Wildman–Crippen MR) is 87.4 cm³/mol. The molecule has 0 aliphatic heterocycles. The van der Waals surface area contributed by atoms with Crippen LogP contribution in [0, 0.1) is 19.7 Å². The maximum Gasteiger partial charge on any atom is 0.233 e. The highest BCUT2D eigenvalue weighted by Crippen LogP contribution is 2.16. The van der Waals surface area contributed by atoms with E-state index in [2.05, 4.69) is 10.6 Å². The van der Waals surface area contributed by atoms with Gasteiger partial charge in [0.05, 0.1) is 0 Å². The average Bonchev–Trinajstić information content (AvgIpc) is 2.49. The molecule has 0 aromatic heterocycles. The Hall–Kier alpha value is -2.69. The molecule has 0 radical (unpaired) electrons. The number of nitrogens with one attached hydrogen (secondary N) is 2. The Balaban J connectivity index is 1.82. The van der Waals surface area contributed by atoms with Crippen molar-refractivity contribution in [2.45, 2.75) is 26.8 Å². The Morgan fingerprint density at radius 1 is 1.00 bits per heavy atom. The van der Waals surface area contributed by atoms with Gasteiger partial charge in [-0.25, -0.2) is 4.39 Å². The van der Waals surface area contributed by atoms with E-state index in [9.17, 15) is 14.0 Å². The number of amides is 2. The molecule has 0 fully saturated rings. The first-order valence-electron chi connectivity index (χ1n) is 7.32. The number of aryl methyl sites for hydroxylation is 2. The van der Waals surface area contributed by atoms with Gasteiger partial charge in [-0.15, -0.1) is 0 Å². The molecule has 0 aliphatic rings. The Bertz CT molecular complexity index is 711. The molecule has 0 spiro atoms. The van der Waals surface area contributed by atoms with Gasteiger partial charge >= 0.3 is 0 Å². The molecular weight excluding hydrogens is 295 g/mol. The third kappa shape index (κ3) is 5.21. The molecule has 4 nitrogen and oxygen atoms in total. The maximum absolute atomic E-state index is 12.8. The van der Waals surface area contributed by atoms with E-state index in [1.54, 1.807) is 12.1 Å². The molecule has 0 saturated heterocycles. The third-order valence-electron chi connectivity index (χ3n) is 3.38. The van der Waals surface area contributed by atoms with Crippen LogP contribution in [-0.4, -0.2) is 11.8 Å². The summed E-state index contributed by atoms with van der Waals surface area (Å²) in [4.78, 5) is 23.7. The van der Waals surface area contributed by atoms with Crippen LogP contribution in [0.4, 0.5) is 10.1 Å². The Kier molecular flexibility index (Phi) is 5.46. The summed E-state index contributed by atoms with van der Waals surface area (Å²) in [6, 6.07) is 11.5. The fourth-order valence-corrected chi connectivity index (χ4v) is 2.16. The number of rotatable bonds is 5. The molecule has 0 unspecified atom stereocenters. The zero-order valence-corrected chi connectivity index (χ0v) is 13.2. The quantitative estimate of drug-likeness (QED) is 0.833. The van der Waals surface area contributed by atoms with Gasteiger partial charge < -0.3 is 10.6 Å². The largest absolute Gasteiger partial charge is 0.352 e. The lowest BCUT2D eigenvalue weighted by Crippen LogP contribution is -2.27. The van der Waals surface area contributed by atoms with Crippen molar-refractivity contribution in [2.75, 3.05) is 5.32 Å². The summed E-state index contributed by atoms with van der Waals surface area (Å²) in [6.45, 7) is 4.13. The van der Waals surface area contributed by atoms with Gasteiger partial charge in [-0.1, -0.05) is 29.8 Å². The van der Waals surface area contributed by atoms with Crippen LogP contribution in [0.2, 0.25) is 0 Å². The number of benzene rings is 2. The Morgan fingerprint density at radius 3 is 2.35 bits per heavy atom. The second kappa shape index (κ2) is 7.54. The summed E-state index contributed by atoms with van der Waals surface area (Å²) in [5, 5.41) is 5.36. The SMILES string of the molecule is Cc1ccc(NC(=O)CC(=O)NCc2ccc(F)cc2)c(C)c1. The molecule has 2 aromatic carbocycles. The minimum Gasteiger partial charge on any atom is -0.352 e. The van der Waals surface area contributed by atoms with Gasteiger partial charge in [-0.05, 0) is 43.2 Å². The van der Waals surface area contributed by atoms with Crippen molar-refractivity contribution in [3.05, 3.63) is 65.0 Å². The first kappa shape index (κ1) is 16.7. The number of halogens is 1. The number of hydrogen-bond acceptors (Lipinski definition) is 2. The van der Waals surface area contributed by atoms with Crippen molar-refractivity contribution in [3.8, 4) is 0 Å². The average molecular weight is 314 g/mol. The Morgan fingerprint density at radius 2 is 1.70 bits per heavy atom. The first-order chi connectivity index (χ1) is 10.9. The minimum atomic E-state index is -0.378. The molecule has 0 heterocycles. The molecule has 0 saturated carbocycles. The van der Waals surface area contributed by atoms with Crippen LogP contribution in [0.25, 0.3) is 0 Å². The van der Waals surface area contributed by atoms with E-state index in [1.165, 1.54) is 12.1 Å². The van der Waals surface area contributed by atoms with E-state index in [4.69, 9.17) is 0 Å². The van der Waals surface area contributed by atoms with Crippen molar-refractivity contribution in [2.24, 2.45) is 0 Å². The van der Waals surface area contributed by atoms with Crippen molar-refractivity contribution >= 4 is 17.5 Å². The molecule has 0 bridgehead atoms. The summed E-state index contributed by atoms with van der Waals surface area (Å²) in [6.07, 6.45) is -0.255. The second-order valence-electron chi connectivity index (χ2n) is 5.45. The fourth-order valence-electron chi connectivity index (χ4n) is 2.16. The van der Waals surface area contributed by atoms with E-state index in [0.29, 0.717) is 5.69 Å². The molecular formula is C18H19FN2O2. The van der Waals surface area contributed by atoms with Gasteiger partial charge in [-0.3, -0.25) is 9.59 Å². The van der Waals surface area contributed by atoms with Crippen LogP contribution >= 0.6 is 0 Å². The topological polar surface area (TPSA) is 58.2 Å². The third-order valence-corrected chi connectivity index (χ3v) is 3.38. The maximum atomic E-state index is 12.8. The van der Waals surface area contributed by atoms with Crippen LogP contribution in [0.3, 0.4) is 0 Å². The predicted octanol–water partition coefficient (Wildman–Crippen LogP) is 3.09. The smallest absolute Gasteiger partial charge is 0.233 e. The molecule has 2 rings (SSSR count). The molecule has 2 N–H and O–H groups in total. The van der Waals surface area contributed by atoms with Crippen LogP contribution in [0.1, 0.15) is 23.1 Å². The number of carbonyl (C=O) groups is 2. The van der Waals surface area contributed by atoms with E-state index in [0.717, 1.165) is 16.7 Å². The highest BCUT2D eigenvalue weighted by Gasteiger charge is 2.10. The van der Waals surface area contributed by atoms with Gasteiger partial charge in [0.15, 0.2) is 0 Å². The van der Waals surface area contributed by atoms with Crippen molar-refractivity contribution in [1.82, 2.24) is 5.32 Å². The summed E-state index contributed by atoms with van der Waals surface area (Å²) >= 11 is 0. The second-order valence-corrected chi connectivity index (χ2v) is 5.45. The van der Waals surface area contributed by atoms with Crippen LogP contribution < -0.4 is 10.6 Å². The van der Waals surface area contributed by atoms with Gasteiger partial charge in [0.1, 0.15) is 12.2 Å². The van der Waals surface area contributed by atoms with Gasteiger partial charge in [0.25, 0.3) is 0 Å². The summed E-state index contributed by atoms with van der Waals surface area (Å²) in [5.41, 5.74) is 3.53. The first-order valence-corrected chi connectivity index (χ1v) is 7.32. The lowest BCUT2D eigenvalue weighted by molar-refractivity contribution is -0.126. The molecule has 120 valence electrons. The van der Waals surface area contributed by atoms with Crippen molar-refractivity contribution < 1.29 is 14.0 Å². The lowest BCUT2D eigenvalue weighted by Gasteiger charge is -2.09. The van der Waals surface area contributed by atoms with E-state index in [-0.39, 0.29) is 30.6 Å². The van der Waals surface area contributed by atoms with Crippen LogP contribution in [0.15, 0.2) is 42.5 Å². The number of hydrogen-bond donors (Lipinski definition) is 2. The summed E-state index contributed by atoms with van der Waals surface area (Å²) in [7, 11) is 0. The molecule has 2 amide bonds. The zero-order valence-electron chi connectivity index (χ0n) is 13.2. The zero-order chi connectivity index (χ0) is 16.8. The summed E-state index contributed by atoms with van der Waals surface area (Å²) < 4.78 is 12.8. The van der Waals surface area contributed by atoms with E-state index >= 15 is 0 Å². The number of anilines is 1. The van der Waals surface area contributed by atoms with Gasteiger partial charge in [-0.2, -0.15) is 0 Å².